The molecule has 3 N–H and O–H groups in total. The lowest BCUT2D eigenvalue weighted by Gasteiger charge is -2.17. The molecule has 0 aromatic carbocycles. The molecule has 0 rings (SSSR count). The summed E-state index contributed by atoms with van der Waals surface area (Å²) in [7, 11) is 0. The highest BCUT2D eigenvalue weighted by Gasteiger charge is 2.19. The monoisotopic (exact) mass is 202 g/mol. The summed E-state index contributed by atoms with van der Waals surface area (Å²) in [5.74, 6) is 0.341. The number of carbonyl (C=O) groups is 1. The van der Waals surface area contributed by atoms with E-state index in [-0.39, 0.29) is 11.8 Å². The Morgan fingerprint density at radius 3 is 2.43 bits per heavy atom. The van der Waals surface area contributed by atoms with Crippen molar-refractivity contribution in [1.29, 1.82) is 0 Å². The lowest BCUT2D eigenvalue weighted by molar-refractivity contribution is -0.136. The fourth-order valence-electron chi connectivity index (χ4n) is 0.860. The predicted octanol–water partition coefficient (Wildman–Crippen LogP) is 1.06. The third kappa shape index (κ3) is 5.19. The van der Waals surface area contributed by atoms with Crippen molar-refractivity contribution in [3.05, 3.63) is 0 Å². The average molecular weight is 202 g/mol. The van der Waals surface area contributed by atoms with Crippen LogP contribution in [0.4, 0.5) is 0 Å². The highest BCUT2D eigenvalue weighted by Crippen LogP contribution is 2.04. The molecule has 0 heterocycles. The first-order chi connectivity index (χ1) is 6.49. The highest BCUT2D eigenvalue weighted by molar-refractivity contribution is 5.80. The van der Waals surface area contributed by atoms with Crippen LogP contribution in [-0.4, -0.2) is 18.6 Å². The SMILES string of the molecule is CC[C@H](C)[C@H](N)C(=O)NOCC(C)C. The predicted molar refractivity (Wildman–Crippen MR) is 56.4 cm³/mol. The van der Waals surface area contributed by atoms with Gasteiger partial charge in [0.1, 0.15) is 0 Å². The van der Waals surface area contributed by atoms with Crippen LogP contribution in [0.3, 0.4) is 0 Å². The molecule has 4 heteroatoms. The second-order valence-electron chi connectivity index (χ2n) is 4.08. The van der Waals surface area contributed by atoms with Crippen LogP contribution in [0.25, 0.3) is 0 Å². The zero-order valence-electron chi connectivity index (χ0n) is 9.54. The fraction of sp³-hybridized carbons (Fsp3) is 0.900. The van der Waals surface area contributed by atoms with Gasteiger partial charge in [-0.05, 0) is 11.8 Å². The molecule has 1 amide bonds. The van der Waals surface area contributed by atoms with Crippen molar-refractivity contribution in [3.8, 4) is 0 Å². The Morgan fingerprint density at radius 2 is 2.00 bits per heavy atom. The summed E-state index contributed by atoms with van der Waals surface area (Å²) < 4.78 is 0. The average Bonchev–Trinajstić information content (AvgIpc) is 2.14. The zero-order chi connectivity index (χ0) is 11.1. The van der Waals surface area contributed by atoms with Gasteiger partial charge >= 0.3 is 0 Å². The fourth-order valence-corrected chi connectivity index (χ4v) is 0.860. The molecule has 0 radical (unpaired) electrons. The van der Waals surface area contributed by atoms with Crippen LogP contribution >= 0.6 is 0 Å². The summed E-state index contributed by atoms with van der Waals surface area (Å²) in [6.07, 6.45) is 0.888. The van der Waals surface area contributed by atoms with Crippen molar-refractivity contribution < 1.29 is 9.63 Å². The van der Waals surface area contributed by atoms with Crippen molar-refractivity contribution >= 4 is 5.91 Å². The van der Waals surface area contributed by atoms with E-state index in [0.29, 0.717) is 12.5 Å². The normalized spacial score (nSPS) is 15.3. The van der Waals surface area contributed by atoms with Crippen molar-refractivity contribution in [1.82, 2.24) is 5.48 Å². The van der Waals surface area contributed by atoms with Crippen LogP contribution in [-0.2, 0) is 9.63 Å². The first kappa shape index (κ1) is 13.4. The van der Waals surface area contributed by atoms with Crippen molar-refractivity contribution in [2.75, 3.05) is 6.61 Å². The lowest BCUT2D eigenvalue weighted by Crippen LogP contribution is -2.44. The van der Waals surface area contributed by atoms with Gasteiger partial charge in [0.25, 0.3) is 5.91 Å². The van der Waals surface area contributed by atoms with Gasteiger partial charge in [0.2, 0.25) is 0 Å². The first-order valence-corrected chi connectivity index (χ1v) is 5.16. The van der Waals surface area contributed by atoms with Gasteiger partial charge in [-0.2, -0.15) is 0 Å². The maximum atomic E-state index is 11.4. The van der Waals surface area contributed by atoms with Crippen molar-refractivity contribution in [3.63, 3.8) is 0 Å². The number of hydrogen-bond donors (Lipinski definition) is 2. The molecule has 0 aliphatic carbocycles. The molecule has 4 nitrogen and oxygen atoms in total. The second-order valence-corrected chi connectivity index (χ2v) is 4.08. The molecule has 0 aromatic heterocycles. The van der Waals surface area contributed by atoms with Gasteiger partial charge in [0, 0.05) is 0 Å². The largest absolute Gasteiger partial charge is 0.320 e. The molecule has 2 atom stereocenters. The van der Waals surface area contributed by atoms with E-state index in [0.717, 1.165) is 6.42 Å². The molecule has 0 spiro atoms. The van der Waals surface area contributed by atoms with Gasteiger partial charge in [-0.1, -0.05) is 34.1 Å². The Kier molecular flexibility index (Phi) is 6.49. The summed E-state index contributed by atoms with van der Waals surface area (Å²) in [5, 5.41) is 0. The summed E-state index contributed by atoms with van der Waals surface area (Å²) >= 11 is 0. The maximum absolute atomic E-state index is 11.4. The molecule has 84 valence electrons. The minimum Gasteiger partial charge on any atom is -0.320 e. The van der Waals surface area contributed by atoms with Crippen LogP contribution in [0.2, 0.25) is 0 Å². The molecule has 14 heavy (non-hydrogen) atoms. The van der Waals surface area contributed by atoms with Crippen LogP contribution in [0, 0.1) is 11.8 Å². The van der Waals surface area contributed by atoms with Crippen molar-refractivity contribution in [2.45, 2.75) is 40.2 Å². The van der Waals surface area contributed by atoms with Gasteiger partial charge in [-0.15, -0.1) is 0 Å². The molecule has 0 bridgehead atoms. The van der Waals surface area contributed by atoms with Crippen molar-refractivity contribution in [2.24, 2.45) is 17.6 Å². The van der Waals surface area contributed by atoms with E-state index in [2.05, 4.69) is 5.48 Å². The Labute approximate surface area is 86.1 Å². The zero-order valence-corrected chi connectivity index (χ0v) is 9.54. The number of amides is 1. The Morgan fingerprint density at radius 1 is 1.43 bits per heavy atom. The van der Waals surface area contributed by atoms with Crippen LogP contribution < -0.4 is 11.2 Å². The highest BCUT2D eigenvalue weighted by atomic mass is 16.7. The maximum Gasteiger partial charge on any atom is 0.260 e. The second kappa shape index (κ2) is 6.79. The van der Waals surface area contributed by atoms with Gasteiger partial charge in [-0.3, -0.25) is 9.63 Å². The van der Waals surface area contributed by atoms with E-state index >= 15 is 0 Å². The molecule has 0 aliphatic rings. The van der Waals surface area contributed by atoms with Gasteiger partial charge in [0.05, 0.1) is 12.6 Å². The number of nitrogens with two attached hydrogens (primary N) is 1. The number of nitrogens with one attached hydrogen (secondary N) is 1. The van der Waals surface area contributed by atoms with Crippen LogP contribution in [0.1, 0.15) is 34.1 Å². The number of hydrogen-bond acceptors (Lipinski definition) is 3. The van der Waals surface area contributed by atoms with Gasteiger partial charge < -0.3 is 5.73 Å². The van der Waals surface area contributed by atoms with Gasteiger partial charge in [-0.25, -0.2) is 5.48 Å². The summed E-state index contributed by atoms with van der Waals surface area (Å²) in [6.45, 7) is 8.50. The van der Waals surface area contributed by atoms with Crippen LogP contribution in [0.15, 0.2) is 0 Å². The minimum atomic E-state index is -0.479. The summed E-state index contributed by atoms with van der Waals surface area (Å²) in [6, 6.07) is -0.479. The first-order valence-electron chi connectivity index (χ1n) is 5.16. The molecule has 0 saturated carbocycles. The topological polar surface area (TPSA) is 64.4 Å². The molecular weight excluding hydrogens is 180 g/mol. The van der Waals surface area contributed by atoms with Crippen LogP contribution in [0.5, 0.6) is 0 Å². The molecule has 0 aliphatic heterocycles. The van der Waals surface area contributed by atoms with Gasteiger partial charge in [0.15, 0.2) is 0 Å². The smallest absolute Gasteiger partial charge is 0.260 e. The Hall–Kier alpha value is -0.610. The van der Waals surface area contributed by atoms with E-state index in [9.17, 15) is 4.79 Å². The van der Waals surface area contributed by atoms with E-state index in [1.807, 2.05) is 27.7 Å². The number of hydroxylamine groups is 1. The number of rotatable bonds is 6. The molecule has 0 unspecified atom stereocenters. The van der Waals surface area contributed by atoms with E-state index in [4.69, 9.17) is 10.6 Å². The lowest BCUT2D eigenvalue weighted by atomic mass is 10.00. The molecule has 0 saturated heterocycles. The Bertz CT molecular complexity index is 172. The minimum absolute atomic E-state index is 0.178. The Balaban J connectivity index is 3.73. The summed E-state index contributed by atoms with van der Waals surface area (Å²) in [5.41, 5.74) is 8.06. The molecule has 0 aromatic rings. The van der Waals surface area contributed by atoms with E-state index in [1.165, 1.54) is 0 Å². The third-order valence-corrected chi connectivity index (χ3v) is 2.15. The molecule has 0 fully saturated rings. The quantitative estimate of drug-likeness (QED) is 0.633. The van der Waals surface area contributed by atoms with E-state index in [1.54, 1.807) is 0 Å². The standard InChI is InChI=1S/C10H22N2O2/c1-5-8(4)9(11)10(13)12-14-6-7(2)3/h7-9H,5-6,11H2,1-4H3,(H,12,13)/t8-,9-/m0/s1. The molecular formula is C10H22N2O2. The summed E-state index contributed by atoms with van der Waals surface area (Å²) in [4.78, 5) is 16.4. The van der Waals surface area contributed by atoms with E-state index < -0.39 is 6.04 Å². The third-order valence-electron chi connectivity index (χ3n) is 2.15. The number of carbonyl (C=O) groups excluding carboxylic acids is 1.